The molecule has 0 spiro atoms. The molecule has 1 N–H and O–H groups in total. The third kappa shape index (κ3) is 3.73. The van der Waals surface area contributed by atoms with Crippen LogP contribution in [-0.2, 0) is 11.2 Å². The Morgan fingerprint density at radius 2 is 2.05 bits per heavy atom. The number of aromatic nitrogens is 4. The van der Waals surface area contributed by atoms with Gasteiger partial charge in [0.2, 0.25) is 11.0 Å². The summed E-state index contributed by atoms with van der Waals surface area (Å²) < 4.78 is 0. The van der Waals surface area contributed by atoms with Gasteiger partial charge in [-0.15, -0.1) is 10.2 Å². The van der Waals surface area contributed by atoms with E-state index in [4.69, 9.17) is 0 Å². The fourth-order valence-corrected chi connectivity index (χ4v) is 2.73. The Bertz CT molecular complexity index is 577. The number of hydrogen-bond donors (Lipinski definition) is 1. The van der Waals surface area contributed by atoms with Crippen molar-refractivity contribution in [3.63, 3.8) is 0 Å². The number of amides is 1. The van der Waals surface area contributed by atoms with Gasteiger partial charge in [-0.1, -0.05) is 23.1 Å². The van der Waals surface area contributed by atoms with Gasteiger partial charge in [-0.05, 0) is 32.1 Å². The topological polar surface area (TPSA) is 80.7 Å². The second kappa shape index (κ2) is 6.76. The fourth-order valence-electron chi connectivity index (χ4n) is 1.81. The first kappa shape index (κ1) is 14.9. The fraction of sp³-hybridized carbons (Fsp3) is 0.417. The molecule has 0 aliphatic heterocycles. The van der Waals surface area contributed by atoms with E-state index in [1.165, 1.54) is 23.1 Å². The Morgan fingerprint density at radius 3 is 2.60 bits per heavy atom. The first-order chi connectivity index (χ1) is 9.60. The molecule has 8 heteroatoms. The zero-order valence-electron chi connectivity index (χ0n) is 11.5. The first-order valence-corrected chi connectivity index (χ1v) is 8.14. The number of hydrogen-bond acceptors (Lipinski definition) is 7. The maximum Gasteiger partial charge on any atom is 0.226 e. The number of nitrogens with zero attached hydrogens (tertiary/aromatic N) is 4. The van der Waals surface area contributed by atoms with Crippen LogP contribution in [0.5, 0.6) is 0 Å². The highest BCUT2D eigenvalue weighted by Crippen LogP contribution is 2.17. The maximum atomic E-state index is 11.8. The van der Waals surface area contributed by atoms with E-state index in [2.05, 4.69) is 25.5 Å². The summed E-state index contributed by atoms with van der Waals surface area (Å²) in [5.74, 6) is -0.0745. The summed E-state index contributed by atoms with van der Waals surface area (Å²) in [5, 5.41) is 11.5. The number of aryl methyl sites for hydroxylation is 2. The molecule has 0 bridgehead atoms. The summed E-state index contributed by atoms with van der Waals surface area (Å²) in [6.07, 6.45) is 2.95. The number of anilines is 1. The van der Waals surface area contributed by atoms with Crippen molar-refractivity contribution < 1.29 is 4.79 Å². The molecule has 2 rings (SSSR count). The largest absolute Gasteiger partial charge is 0.301 e. The SMILES string of the molecule is CSc1nc(C)c(CCC(=O)Nc2nncs2)c(C)n1. The predicted octanol–water partition coefficient (Wildman–Crippen LogP) is 2.24. The van der Waals surface area contributed by atoms with E-state index in [1.54, 1.807) is 5.51 Å². The molecular formula is C12H15N5OS2. The summed E-state index contributed by atoms with van der Waals surface area (Å²) in [5.41, 5.74) is 4.49. The molecule has 20 heavy (non-hydrogen) atoms. The van der Waals surface area contributed by atoms with Crippen molar-refractivity contribution in [1.82, 2.24) is 20.2 Å². The summed E-state index contributed by atoms with van der Waals surface area (Å²) in [7, 11) is 0. The second-order valence-corrected chi connectivity index (χ2v) is 5.76. The van der Waals surface area contributed by atoms with E-state index in [0.717, 1.165) is 22.1 Å². The van der Waals surface area contributed by atoms with Gasteiger partial charge in [-0.25, -0.2) is 9.97 Å². The molecule has 0 saturated heterocycles. The molecule has 1 amide bonds. The van der Waals surface area contributed by atoms with Gasteiger partial charge < -0.3 is 5.32 Å². The lowest BCUT2D eigenvalue weighted by Gasteiger charge is -2.09. The van der Waals surface area contributed by atoms with Crippen molar-refractivity contribution in [2.24, 2.45) is 0 Å². The van der Waals surface area contributed by atoms with Crippen LogP contribution in [0.3, 0.4) is 0 Å². The van der Waals surface area contributed by atoms with Crippen molar-refractivity contribution in [3.05, 3.63) is 22.5 Å². The van der Waals surface area contributed by atoms with Crippen LogP contribution >= 0.6 is 23.1 Å². The number of carbonyl (C=O) groups excluding carboxylic acids is 1. The molecule has 0 aliphatic rings. The monoisotopic (exact) mass is 309 g/mol. The van der Waals surface area contributed by atoms with Crippen molar-refractivity contribution in [3.8, 4) is 0 Å². The van der Waals surface area contributed by atoms with E-state index < -0.39 is 0 Å². The molecule has 0 aromatic carbocycles. The molecule has 0 unspecified atom stereocenters. The van der Waals surface area contributed by atoms with Gasteiger partial charge >= 0.3 is 0 Å². The smallest absolute Gasteiger partial charge is 0.226 e. The summed E-state index contributed by atoms with van der Waals surface area (Å²) in [6, 6.07) is 0. The summed E-state index contributed by atoms with van der Waals surface area (Å²) in [4.78, 5) is 20.6. The molecule has 6 nitrogen and oxygen atoms in total. The van der Waals surface area contributed by atoms with Crippen LogP contribution in [0.4, 0.5) is 5.13 Å². The van der Waals surface area contributed by atoms with E-state index >= 15 is 0 Å². The summed E-state index contributed by atoms with van der Waals surface area (Å²) in [6.45, 7) is 3.90. The molecule has 0 saturated carbocycles. The zero-order valence-corrected chi connectivity index (χ0v) is 13.1. The minimum atomic E-state index is -0.0745. The Labute approximate surface area is 125 Å². The Hall–Kier alpha value is -1.54. The molecule has 0 radical (unpaired) electrons. The number of nitrogens with one attached hydrogen (secondary N) is 1. The maximum absolute atomic E-state index is 11.8. The lowest BCUT2D eigenvalue weighted by Crippen LogP contribution is -2.13. The quantitative estimate of drug-likeness (QED) is 0.674. The zero-order chi connectivity index (χ0) is 14.5. The van der Waals surface area contributed by atoms with Gasteiger partial charge in [0.25, 0.3) is 0 Å². The number of thioether (sulfide) groups is 1. The van der Waals surface area contributed by atoms with E-state index in [9.17, 15) is 4.79 Å². The number of rotatable bonds is 5. The molecule has 0 aliphatic carbocycles. The summed E-state index contributed by atoms with van der Waals surface area (Å²) >= 11 is 2.82. The molecular weight excluding hydrogens is 294 g/mol. The highest BCUT2D eigenvalue weighted by atomic mass is 32.2. The van der Waals surface area contributed by atoms with Crippen LogP contribution in [-0.4, -0.2) is 32.3 Å². The van der Waals surface area contributed by atoms with Crippen molar-refractivity contribution in [2.45, 2.75) is 31.8 Å². The normalized spacial score (nSPS) is 10.6. The Kier molecular flexibility index (Phi) is 5.02. The molecule has 2 aromatic rings. The third-order valence-corrected chi connectivity index (χ3v) is 3.95. The second-order valence-electron chi connectivity index (χ2n) is 4.15. The van der Waals surface area contributed by atoms with Gasteiger partial charge in [0.15, 0.2) is 5.16 Å². The third-order valence-electron chi connectivity index (χ3n) is 2.79. The van der Waals surface area contributed by atoms with E-state index in [1.807, 2.05) is 20.1 Å². The molecule has 106 valence electrons. The molecule has 2 aromatic heterocycles. The van der Waals surface area contributed by atoms with Crippen LogP contribution in [0.1, 0.15) is 23.4 Å². The Balaban J connectivity index is 1.98. The van der Waals surface area contributed by atoms with Gasteiger partial charge in [0.1, 0.15) is 5.51 Å². The molecule has 0 fully saturated rings. The van der Waals surface area contributed by atoms with E-state index in [0.29, 0.717) is 18.0 Å². The van der Waals surface area contributed by atoms with Gasteiger partial charge in [-0.3, -0.25) is 4.79 Å². The van der Waals surface area contributed by atoms with Crippen LogP contribution < -0.4 is 5.32 Å². The number of carbonyl (C=O) groups is 1. The van der Waals surface area contributed by atoms with Gasteiger partial charge in [0.05, 0.1) is 0 Å². The average molecular weight is 309 g/mol. The standard InChI is InChI=1S/C12H15N5OS2/c1-7-9(8(2)15-11(14-7)19-3)4-5-10(18)16-12-17-13-6-20-12/h6H,4-5H2,1-3H3,(H,16,17,18). The lowest BCUT2D eigenvalue weighted by atomic mass is 10.1. The van der Waals surface area contributed by atoms with Crippen LogP contribution in [0.2, 0.25) is 0 Å². The minimum Gasteiger partial charge on any atom is -0.301 e. The predicted molar refractivity (Wildman–Crippen MR) is 80.1 cm³/mol. The highest BCUT2D eigenvalue weighted by molar-refractivity contribution is 7.98. The van der Waals surface area contributed by atoms with Gasteiger partial charge in [0, 0.05) is 17.8 Å². The average Bonchev–Trinajstić information content (AvgIpc) is 2.90. The highest BCUT2D eigenvalue weighted by Gasteiger charge is 2.11. The first-order valence-electron chi connectivity index (χ1n) is 6.04. The van der Waals surface area contributed by atoms with Crippen LogP contribution in [0.25, 0.3) is 0 Å². The molecule has 2 heterocycles. The van der Waals surface area contributed by atoms with Crippen LogP contribution in [0.15, 0.2) is 10.7 Å². The minimum absolute atomic E-state index is 0.0745. The van der Waals surface area contributed by atoms with E-state index in [-0.39, 0.29) is 5.91 Å². The van der Waals surface area contributed by atoms with Crippen LogP contribution in [0, 0.1) is 13.8 Å². The lowest BCUT2D eigenvalue weighted by molar-refractivity contribution is -0.116. The van der Waals surface area contributed by atoms with Gasteiger partial charge in [-0.2, -0.15) is 0 Å². The van der Waals surface area contributed by atoms with Crippen molar-refractivity contribution in [2.75, 3.05) is 11.6 Å². The van der Waals surface area contributed by atoms with Crippen molar-refractivity contribution in [1.29, 1.82) is 0 Å². The molecule has 0 atom stereocenters. The Morgan fingerprint density at radius 1 is 1.35 bits per heavy atom. The van der Waals surface area contributed by atoms with Crippen molar-refractivity contribution >= 4 is 34.1 Å².